The second-order valence-corrected chi connectivity index (χ2v) is 7.28. The summed E-state index contributed by atoms with van der Waals surface area (Å²) in [7, 11) is 0. The molecule has 1 saturated heterocycles. The summed E-state index contributed by atoms with van der Waals surface area (Å²) in [6, 6.07) is 8.90. The molecule has 0 bridgehead atoms. The van der Waals surface area contributed by atoms with Crippen LogP contribution in [0.5, 0.6) is 0 Å². The molecule has 2 unspecified atom stereocenters. The molecule has 21 heavy (non-hydrogen) atoms. The molecular formula is C18H28N2O. The average molecular weight is 288 g/mol. The zero-order valence-electron chi connectivity index (χ0n) is 13.6. The van der Waals surface area contributed by atoms with Crippen LogP contribution in [0.3, 0.4) is 0 Å². The maximum Gasteiger partial charge on any atom is 0.0646 e. The number of morpholine rings is 1. The number of rotatable bonds is 2. The minimum absolute atomic E-state index is 0.0314. The van der Waals surface area contributed by atoms with Crippen molar-refractivity contribution in [3.63, 3.8) is 0 Å². The molecule has 0 saturated carbocycles. The Hall–Kier alpha value is -0.900. The Morgan fingerprint density at radius 3 is 2.81 bits per heavy atom. The van der Waals surface area contributed by atoms with Crippen molar-refractivity contribution in [3.05, 3.63) is 35.4 Å². The number of hydrogen-bond acceptors (Lipinski definition) is 3. The molecule has 3 rings (SSSR count). The van der Waals surface area contributed by atoms with Gasteiger partial charge < -0.3 is 10.5 Å². The number of hydrogen-bond donors (Lipinski definition) is 1. The summed E-state index contributed by atoms with van der Waals surface area (Å²) in [5.74, 6) is 0.630. The summed E-state index contributed by atoms with van der Waals surface area (Å²) >= 11 is 0. The lowest BCUT2D eigenvalue weighted by atomic mass is 9.70. The number of nitrogens with zero attached hydrogens (tertiary/aromatic N) is 1. The summed E-state index contributed by atoms with van der Waals surface area (Å²) in [5.41, 5.74) is 9.30. The minimum atomic E-state index is -0.0314. The van der Waals surface area contributed by atoms with Crippen LogP contribution < -0.4 is 5.73 Å². The Labute approximate surface area is 128 Å². The van der Waals surface area contributed by atoms with Gasteiger partial charge in [0.1, 0.15) is 0 Å². The largest absolute Gasteiger partial charge is 0.378 e. The second-order valence-electron chi connectivity index (χ2n) is 7.28. The van der Waals surface area contributed by atoms with Crippen molar-refractivity contribution in [1.29, 1.82) is 0 Å². The highest BCUT2D eigenvalue weighted by Crippen LogP contribution is 2.47. The number of fused-ring (bicyclic) bond motifs is 1. The van der Waals surface area contributed by atoms with Crippen LogP contribution in [0.1, 0.15) is 50.7 Å². The van der Waals surface area contributed by atoms with Gasteiger partial charge in [0.25, 0.3) is 0 Å². The van der Waals surface area contributed by atoms with Gasteiger partial charge in [0, 0.05) is 18.6 Å². The Kier molecular flexibility index (Phi) is 3.85. The van der Waals surface area contributed by atoms with Crippen LogP contribution in [-0.4, -0.2) is 36.7 Å². The Bertz CT molecular complexity index is 514. The van der Waals surface area contributed by atoms with Crippen molar-refractivity contribution in [1.82, 2.24) is 4.90 Å². The van der Waals surface area contributed by atoms with Gasteiger partial charge in [-0.05, 0) is 43.7 Å². The van der Waals surface area contributed by atoms with E-state index in [4.69, 9.17) is 10.5 Å². The third-order valence-corrected chi connectivity index (χ3v) is 5.48. The first-order chi connectivity index (χ1) is 10.0. The van der Waals surface area contributed by atoms with Crippen LogP contribution >= 0.6 is 0 Å². The van der Waals surface area contributed by atoms with Crippen molar-refractivity contribution in [2.45, 2.75) is 50.6 Å². The van der Waals surface area contributed by atoms with Gasteiger partial charge in [0.15, 0.2) is 0 Å². The second kappa shape index (κ2) is 5.38. The Balaban J connectivity index is 2.11. The van der Waals surface area contributed by atoms with Crippen molar-refractivity contribution < 1.29 is 4.74 Å². The molecular weight excluding hydrogens is 260 g/mol. The van der Waals surface area contributed by atoms with E-state index < -0.39 is 0 Å². The van der Waals surface area contributed by atoms with E-state index >= 15 is 0 Å². The predicted octanol–water partition coefficient (Wildman–Crippen LogP) is 2.85. The predicted molar refractivity (Wildman–Crippen MR) is 86.4 cm³/mol. The molecule has 0 spiro atoms. The third kappa shape index (κ3) is 2.32. The standard InChI is InChI=1S/C18H28N2O/c1-14-8-9-18(12-19,16-7-5-4-6-15(14)16)20-10-11-21-13-17(20,2)3/h4-7,14H,8-13,19H2,1-3H3. The highest BCUT2D eigenvalue weighted by molar-refractivity contribution is 5.39. The molecule has 2 atom stereocenters. The van der Waals surface area contributed by atoms with Gasteiger partial charge in [0.05, 0.1) is 18.8 Å². The summed E-state index contributed by atoms with van der Waals surface area (Å²) in [4.78, 5) is 2.62. The molecule has 1 aromatic carbocycles. The number of nitrogens with two attached hydrogens (primary N) is 1. The van der Waals surface area contributed by atoms with Crippen molar-refractivity contribution >= 4 is 0 Å². The SMILES string of the molecule is CC1CCC(CN)(N2CCOCC2(C)C)c2ccccc21. The average Bonchev–Trinajstić information content (AvgIpc) is 2.49. The molecule has 116 valence electrons. The first-order valence-corrected chi connectivity index (χ1v) is 8.16. The third-order valence-electron chi connectivity index (χ3n) is 5.48. The van der Waals surface area contributed by atoms with Crippen molar-refractivity contribution in [2.75, 3.05) is 26.3 Å². The van der Waals surface area contributed by atoms with E-state index in [1.807, 2.05) is 0 Å². The Morgan fingerprint density at radius 2 is 2.10 bits per heavy atom. The van der Waals surface area contributed by atoms with Crippen LogP contribution in [0, 0.1) is 0 Å². The van der Waals surface area contributed by atoms with Gasteiger partial charge in [-0.25, -0.2) is 0 Å². The maximum absolute atomic E-state index is 6.37. The molecule has 3 nitrogen and oxygen atoms in total. The molecule has 0 aromatic heterocycles. The van der Waals surface area contributed by atoms with Crippen LogP contribution in [-0.2, 0) is 10.3 Å². The summed E-state index contributed by atoms with van der Waals surface area (Å²) in [6.07, 6.45) is 2.35. The molecule has 1 aliphatic carbocycles. The smallest absolute Gasteiger partial charge is 0.0646 e. The van der Waals surface area contributed by atoms with Crippen LogP contribution in [0.15, 0.2) is 24.3 Å². The van der Waals surface area contributed by atoms with Gasteiger partial charge >= 0.3 is 0 Å². The molecule has 1 fully saturated rings. The maximum atomic E-state index is 6.37. The fraction of sp³-hybridized carbons (Fsp3) is 0.667. The normalized spacial score (nSPS) is 32.7. The van der Waals surface area contributed by atoms with Crippen molar-refractivity contribution in [2.24, 2.45) is 5.73 Å². The summed E-state index contributed by atoms with van der Waals surface area (Å²) < 4.78 is 5.72. The first-order valence-electron chi connectivity index (χ1n) is 8.16. The van der Waals surface area contributed by atoms with Crippen LogP contribution in [0.25, 0.3) is 0 Å². The van der Waals surface area contributed by atoms with E-state index in [1.54, 1.807) is 0 Å². The lowest BCUT2D eigenvalue weighted by Crippen LogP contribution is -2.65. The number of benzene rings is 1. The molecule has 2 N–H and O–H groups in total. The first kappa shape index (κ1) is 15.0. The van der Waals surface area contributed by atoms with Gasteiger partial charge in [-0.15, -0.1) is 0 Å². The van der Waals surface area contributed by atoms with Gasteiger partial charge in [-0.2, -0.15) is 0 Å². The molecule has 0 radical (unpaired) electrons. The molecule has 2 aliphatic rings. The highest BCUT2D eigenvalue weighted by atomic mass is 16.5. The van der Waals surface area contributed by atoms with Crippen LogP contribution in [0.2, 0.25) is 0 Å². The van der Waals surface area contributed by atoms with E-state index in [1.165, 1.54) is 17.5 Å². The van der Waals surface area contributed by atoms with Gasteiger partial charge in [-0.1, -0.05) is 31.2 Å². The zero-order valence-corrected chi connectivity index (χ0v) is 13.6. The number of ether oxygens (including phenoxy) is 1. The van der Waals surface area contributed by atoms with Crippen LogP contribution in [0.4, 0.5) is 0 Å². The minimum Gasteiger partial charge on any atom is -0.378 e. The zero-order chi connectivity index (χ0) is 15.1. The molecule has 3 heteroatoms. The topological polar surface area (TPSA) is 38.5 Å². The van der Waals surface area contributed by atoms with E-state index in [9.17, 15) is 0 Å². The van der Waals surface area contributed by atoms with E-state index in [2.05, 4.69) is 49.9 Å². The fourth-order valence-corrected chi connectivity index (χ4v) is 4.35. The van der Waals surface area contributed by atoms with E-state index in [0.29, 0.717) is 12.5 Å². The monoisotopic (exact) mass is 288 g/mol. The molecule has 1 heterocycles. The highest BCUT2D eigenvalue weighted by Gasteiger charge is 2.48. The summed E-state index contributed by atoms with van der Waals surface area (Å²) in [5, 5.41) is 0. The molecule has 1 aliphatic heterocycles. The van der Waals surface area contributed by atoms with E-state index in [0.717, 1.165) is 26.2 Å². The molecule has 1 aromatic rings. The Morgan fingerprint density at radius 1 is 1.33 bits per heavy atom. The lowest BCUT2D eigenvalue weighted by molar-refractivity contribution is -0.112. The quantitative estimate of drug-likeness (QED) is 0.909. The molecule has 0 amide bonds. The lowest BCUT2D eigenvalue weighted by Gasteiger charge is -2.56. The fourth-order valence-electron chi connectivity index (χ4n) is 4.35. The van der Waals surface area contributed by atoms with Gasteiger partial charge in [-0.3, -0.25) is 4.90 Å². The van der Waals surface area contributed by atoms with E-state index in [-0.39, 0.29) is 11.1 Å². The van der Waals surface area contributed by atoms with Gasteiger partial charge in [0.2, 0.25) is 0 Å². The summed E-state index contributed by atoms with van der Waals surface area (Å²) in [6.45, 7) is 10.1. The van der Waals surface area contributed by atoms with Crippen molar-refractivity contribution in [3.8, 4) is 0 Å².